The van der Waals surface area contributed by atoms with E-state index in [-0.39, 0.29) is 0 Å². The molecule has 0 aliphatic heterocycles. The number of hydrogen-bond donors (Lipinski definition) is 0. The van der Waals surface area contributed by atoms with Gasteiger partial charge >= 0.3 is 0 Å². The first-order valence-corrected chi connectivity index (χ1v) is 10.6. The number of ether oxygens (including phenoxy) is 1. The molecule has 0 spiro atoms. The third kappa shape index (κ3) is 8.38. The van der Waals surface area contributed by atoms with Crippen molar-refractivity contribution in [3.8, 4) is 17.1 Å². The number of rotatable bonds is 13. The van der Waals surface area contributed by atoms with Crippen LogP contribution in [-0.2, 0) is 6.42 Å². The zero-order valence-electron chi connectivity index (χ0n) is 17.0. The van der Waals surface area contributed by atoms with Crippen molar-refractivity contribution in [2.45, 2.75) is 78.1 Å². The molecule has 2 rings (SSSR count). The van der Waals surface area contributed by atoms with Crippen LogP contribution in [0.15, 0.2) is 49.0 Å². The molecular formula is C24H34N2O. The maximum atomic E-state index is 5.62. The maximum absolute atomic E-state index is 5.62. The zero-order chi connectivity index (χ0) is 19.2. The van der Waals surface area contributed by atoms with Gasteiger partial charge < -0.3 is 4.74 Å². The van der Waals surface area contributed by atoms with E-state index in [0.717, 1.165) is 30.0 Å². The van der Waals surface area contributed by atoms with Crippen LogP contribution < -0.4 is 4.74 Å². The second-order valence-electron chi connectivity index (χ2n) is 7.09. The van der Waals surface area contributed by atoms with E-state index in [1.807, 2.05) is 36.7 Å². The SMILES string of the molecule is CCCC/C=C\Oc1ccc(-c2ncc(CCCCCCCC)cn2)cc1. The number of hydrogen-bond acceptors (Lipinski definition) is 3. The first kappa shape index (κ1) is 21.1. The van der Waals surface area contributed by atoms with Gasteiger partial charge in [0.05, 0.1) is 6.26 Å². The largest absolute Gasteiger partial charge is 0.465 e. The summed E-state index contributed by atoms with van der Waals surface area (Å²) in [4.78, 5) is 9.07. The standard InChI is InChI=1S/C24H34N2O/c1-3-5-7-9-10-11-13-21-19-25-24(26-20-21)22-14-16-23(17-15-22)27-18-12-8-6-4-2/h12,14-20H,3-11,13H2,1-2H3/b18-12-. The third-order valence-electron chi connectivity index (χ3n) is 4.66. The van der Waals surface area contributed by atoms with Crippen LogP contribution in [0.5, 0.6) is 5.75 Å². The molecule has 0 unspecified atom stereocenters. The van der Waals surface area contributed by atoms with Crippen LogP contribution >= 0.6 is 0 Å². The number of aromatic nitrogens is 2. The smallest absolute Gasteiger partial charge is 0.159 e. The molecule has 0 bridgehead atoms. The fourth-order valence-corrected chi connectivity index (χ4v) is 2.94. The normalized spacial score (nSPS) is 11.2. The van der Waals surface area contributed by atoms with E-state index in [0.29, 0.717) is 0 Å². The van der Waals surface area contributed by atoms with Gasteiger partial charge in [-0.2, -0.15) is 0 Å². The van der Waals surface area contributed by atoms with Gasteiger partial charge in [0, 0.05) is 18.0 Å². The molecule has 1 aromatic carbocycles. The van der Waals surface area contributed by atoms with E-state index in [9.17, 15) is 0 Å². The Balaban J connectivity index is 1.78. The van der Waals surface area contributed by atoms with E-state index < -0.39 is 0 Å². The van der Waals surface area contributed by atoms with Crippen LogP contribution in [0.1, 0.15) is 77.2 Å². The van der Waals surface area contributed by atoms with Crippen molar-refractivity contribution in [2.75, 3.05) is 0 Å². The summed E-state index contributed by atoms with van der Waals surface area (Å²) >= 11 is 0. The minimum atomic E-state index is 0.770. The van der Waals surface area contributed by atoms with Crippen LogP contribution in [0, 0.1) is 0 Å². The second-order valence-corrected chi connectivity index (χ2v) is 7.09. The Morgan fingerprint density at radius 2 is 1.48 bits per heavy atom. The van der Waals surface area contributed by atoms with Gasteiger partial charge in [0.15, 0.2) is 5.82 Å². The minimum Gasteiger partial charge on any atom is -0.465 e. The Hall–Kier alpha value is -2.16. The van der Waals surface area contributed by atoms with E-state index in [1.165, 1.54) is 56.9 Å². The molecule has 1 aromatic heterocycles. The van der Waals surface area contributed by atoms with Crippen molar-refractivity contribution in [3.05, 3.63) is 54.6 Å². The fourth-order valence-electron chi connectivity index (χ4n) is 2.94. The van der Waals surface area contributed by atoms with Gasteiger partial charge in [-0.1, -0.05) is 52.4 Å². The van der Waals surface area contributed by atoms with Crippen molar-refractivity contribution < 1.29 is 4.74 Å². The summed E-state index contributed by atoms with van der Waals surface area (Å²) in [7, 11) is 0. The Bertz CT molecular complexity index is 647. The van der Waals surface area contributed by atoms with Crippen LogP contribution in [0.2, 0.25) is 0 Å². The summed E-state index contributed by atoms with van der Waals surface area (Å²) in [5.74, 6) is 1.61. The summed E-state index contributed by atoms with van der Waals surface area (Å²) < 4.78 is 5.62. The first-order valence-electron chi connectivity index (χ1n) is 10.6. The van der Waals surface area contributed by atoms with Crippen LogP contribution in [0.3, 0.4) is 0 Å². The van der Waals surface area contributed by atoms with E-state index >= 15 is 0 Å². The number of benzene rings is 1. The zero-order valence-corrected chi connectivity index (χ0v) is 17.0. The number of aryl methyl sites for hydroxylation is 1. The number of unbranched alkanes of at least 4 members (excludes halogenated alkanes) is 7. The predicted molar refractivity (Wildman–Crippen MR) is 114 cm³/mol. The molecule has 2 aromatic rings. The molecular weight excluding hydrogens is 332 g/mol. The molecule has 0 fully saturated rings. The van der Waals surface area contributed by atoms with Gasteiger partial charge in [0.1, 0.15) is 5.75 Å². The van der Waals surface area contributed by atoms with Crippen molar-refractivity contribution in [1.29, 1.82) is 0 Å². The molecule has 1 heterocycles. The Labute approximate surface area is 164 Å². The Morgan fingerprint density at radius 1 is 0.815 bits per heavy atom. The summed E-state index contributed by atoms with van der Waals surface area (Å²) in [6.45, 7) is 4.45. The molecule has 0 atom stereocenters. The highest BCUT2D eigenvalue weighted by atomic mass is 16.5. The Kier molecular flexibility index (Phi) is 10.2. The summed E-state index contributed by atoms with van der Waals surface area (Å²) in [6.07, 6.45) is 20.2. The van der Waals surface area contributed by atoms with Crippen molar-refractivity contribution in [1.82, 2.24) is 9.97 Å². The lowest BCUT2D eigenvalue weighted by molar-refractivity contribution is 0.478. The van der Waals surface area contributed by atoms with Crippen LogP contribution in [0.25, 0.3) is 11.4 Å². The molecule has 0 amide bonds. The highest BCUT2D eigenvalue weighted by molar-refractivity contribution is 5.55. The third-order valence-corrected chi connectivity index (χ3v) is 4.66. The molecule has 0 N–H and O–H groups in total. The monoisotopic (exact) mass is 366 g/mol. The van der Waals surface area contributed by atoms with Crippen LogP contribution in [-0.4, -0.2) is 9.97 Å². The summed E-state index contributed by atoms with van der Waals surface area (Å²) in [6, 6.07) is 7.95. The molecule has 0 aliphatic rings. The lowest BCUT2D eigenvalue weighted by Crippen LogP contribution is -1.93. The topological polar surface area (TPSA) is 35.0 Å². The maximum Gasteiger partial charge on any atom is 0.159 e. The van der Waals surface area contributed by atoms with E-state index in [2.05, 4.69) is 29.9 Å². The lowest BCUT2D eigenvalue weighted by atomic mass is 10.1. The molecule has 27 heavy (non-hydrogen) atoms. The molecule has 0 aliphatic carbocycles. The van der Waals surface area contributed by atoms with Gasteiger partial charge in [-0.05, 0) is 61.6 Å². The quantitative estimate of drug-likeness (QED) is 0.279. The van der Waals surface area contributed by atoms with E-state index in [1.54, 1.807) is 6.26 Å². The average Bonchev–Trinajstić information content (AvgIpc) is 2.71. The summed E-state index contributed by atoms with van der Waals surface area (Å²) in [5, 5.41) is 0. The van der Waals surface area contributed by atoms with Gasteiger partial charge in [0.25, 0.3) is 0 Å². The van der Waals surface area contributed by atoms with Crippen LogP contribution in [0.4, 0.5) is 0 Å². The minimum absolute atomic E-state index is 0.770. The highest BCUT2D eigenvalue weighted by Gasteiger charge is 2.02. The van der Waals surface area contributed by atoms with Gasteiger partial charge in [0.2, 0.25) is 0 Å². The van der Waals surface area contributed by atoms with E-state index in [4.69, 9.17) is 4.74 Å². The average molecular weight is 367 g/mol. The van der Waals surface area contributed by atoms with Gasteiger partial charge in [-0.3, -0.25) is 0 Å². The molecule has 3 nitrogen and oxygen atoms in total. The van der Waals surface area contributed by atoms with Crippen molar-refractivity contribution in [3.63, 3.8) is 0 Å². The van der Waals surface area contributed by atoms with Gasteiger partial charge in [-0.25, -0.2) is 9.97 Å². The lowest BCUT2D eigenvalue weighted by Gasteiger charge is -2.05. The molecule has 0 saturated heterocycles. The first-order chi connectivity index (χ1) is 13.3. The molecule has 3 heteroatoms. The number of allylic oxidation sites excluding steroid dienone is 1. The van der Waals surface area contributed by atoms with Gasteiger partial charge in [-0.15, -0.1) is 0 Å². The number of nitrogens with zero attached hydrogens (tertiary/aromatic N) is 2. The van der Waals surface area contributed by atoms with Crippen molar-refractivity contribution >= 4 is 0 Å². The molecule has 146 valence electrons. The van der Waals surface area contributed by atoms with Crippen molar-refractivity contribution in [2.24, 2.45) is 0 Å². The highest BCUT2D eigenvalue weighted by Crippen LogP contribution is 2.20. The summed E-state index contributed by atoms with van der Waals surface area (Å²) in [5.41, 5.74) is 2.25. The molecule has 0 radical (unpaired) electrons. The Morgan fingerprint density at radius 3 is 2.19 bits per heavy atom. The fraction of sp³-hybridized carbons (Fsp3) is 0.500. The molecule has 0 saturated carbocycles. The predicted octanol–water partition coefficient (Wildman–Crippen LogP) is 7.13. The second kappa shape index (κ2) is 13.1.